The number of anilines is 1. The number of nitrogens with two attached hydrogens (primary N) is 1. The van der Waals surface area contributed by atoms with E-state index in [2.05, 4.69) is 9.97 Å². The van der Waals surface area contributed by atoms with Crippen LogP contribution < -0.4 is 5.73 Å². The molecule has 0 aliphatic rings. The van der Waals surface area contributed by atoms with Crippen LogP contribution in [0.1, 0.15) is 23.9 Å². The molecule has 0 aliphatic carbocycles. The maximum atomic E-state index is 13.3. The Labute approximate surface area is 106 Å². The molecule has 0 aliphatic heterocycles. The predicted molar refractivity (Wildman–Crippen MR) is 70.7 cm³/mol. The van der Waals surface area contributed by atoms with Gasteiger partial charge >= 0.3 is 0 Å². The molecule has 0 amide bonds. The zero-order chi connectivity index (χ0) is 13.3. The molecule has 0 unspecified atom stereocenters. The van der Waals surface area contributed by atoms with Crippen molar-refractivity contribution in [3.63, 3.8) is 0 Å². The van der Waals surface area contributed by atoms with E-state index in [4.69, 9.17) is 5.73 Å². The number of halogens is 1. The second-order valence-electron chi connectivity index (χ2n) is 4.32. The minimum atomic E-state index is -0.214. The highest BCUT2D eigenvalue weighted by atomic mass is 19.1. The summed E-state index contributed by atoms with van der Waals surface area (Å²) in [5, 5.41) is 0. The molecule has 3 nitrogen and oxygen atoms in total. The first-order valence-corrected chi connectivity index (χ1v) is 5.92. The highest BCUT2D eigenvalue weighted by Gasteiger charge is 2.11. The van der Waals surface area contributed by atoms with E-state index < -0.39 is 0 Å². The van der Waals surface area contributed by atoms with Crippen molar-refractivity contribution in [1.82, 2.24) is 9.97 Å². The van der Waals surface area contributed by atoms with Gasteiger partial charge in [0.25, 0.3) is 0 Å². The fourth-order valence-electron chi connectivity index (χ4n) is 1.81. The average molecular weight is 245 g/mol. The van der Waals surface area contributed by atoms with Gasteiger partial charge in [-0.2, -0.15) is 0 Å². The Bertz CT molecular complexity index is 594. The molecule has 94 valence electrons. The van der Waals surface area contributed by atoms with Gasteiger partial charge in [-0.3, -0.25) is 0 Å². The van der Waals surface area contributed by atoms with Crippen LogP contribution in [0.5, 0.6) is 0 Å². The van der Waals surface area contributed by atoms with Crippen molar-refractivity contribution < 1.29 is 4.39 Å². The zero-order valence-corrected chi connectivity index (χ0v) is 10.8. The summed E-state index contributed by atoms with van der Waals surface area (Å²) in [7, 11) is 0. The van der Waals surface area contributed by atoms with E-state index >= 15 is 0 Å². The van der Waals surface area contributed by atoms with E-state index in [0.29, 0.717) is 17.2 Å². The Kier molecular flexibility index (Phi) is 3.28. The van der Waals surface area contributed by atoms with Gasteiger partial charge in [0, 0.05) is 17.5 Å². The second-order valence-corrected chi connectivity index (χ2v) is 4.32. The van der Waals surface area contributed by atoms with E-state index in [1.807, 2.05) is 13.8 Å². The van der Waals surface area contributed by atoms with Gasteiger partial charge in [-0.15, -0.1) is 0 Å². The quantitative estimate of drug-likeness (QED) is 0.884. The molecular weight excluding hydrogens is 229 g/mol. The minimum absolute atomic E-state index is 0.214. The van der Waals surface area contributed by atoms with Gasteiger partial charge in [0.1, 0.15) is 17.5 Å². The average Bonchev–Trinajstić information content (AvgIpc) is 2.36. The summed E-state index contributed by atoms with van der Waals surface area (Å²) in [4.78, 5) is 8.69. The fraction of sp³-hybridized carbons (Fsp3) is 0.286. The fourth-order valence-corrected chi connectivity index (χ4v) is 1.81. The molecule has 0 bridgehead atoms. The number of hydrogen-bond acceptors (Lipinski definition) is 3. The normalized spacial score (nSPS) is 10.7. The Hall–Kier alpha value is -1.97. The summed E-state index contributed by atoms with van der Waals surface area (Å²) in [6.07, 6.45) is 0.720. The third-order valence-electron chi connectivity index (χ3n) is 2.98. The van der Waals surface area contributed by atoms with Crippen molar-refractivity contribution >= 4 is 5.82 Å². The number of rotatable bonds is 2. The van der Waals surface area contributed by atoms with Crippen molar-refractivity contribution in [2.45, 2.75) is 27.2 Å². The number of nitrogens with zero attached hydrogens (tertiary/aromatic N) is 2. The zero-order valence-electron chi connectivity index (χ0n) is 10.8. The van der Waals surface area contributed by atoms with E-state index in [1.165, 1.54) is 6.07 Å². The van der Waals surface area contributed by atoms with E-state index in [9.17, 15) is 4.39 Å². The molecule has 2 N–H and O–H groups in total. The second kappa shape index (κ2) is 4.72. The molecule has 0 fully saturated rings. The first-order valence-electron chi connectivity index (χ1n) is 5.92. The lowest BCUT2D eigenvalue weighted by Gasteiger charge is -2.10. The third kappa shape index (κ3) is 2.18. The van der Waals surface area contributed by atoms with Crippen molar-refractivity contribution in [1.29, 1.82) is 0 Å². The summed E-state index contributed by atoms with van der Waals surface area (Å²) in [6.45, 7) is 5.59. The highest BCUT2D eigenvalue weighted by Crippen LogP contribution is 2.26. The first kappa shape index (κ1) is 12.5. The molecule has 2 aromatic rings. The van der Waals surface area contributed by atoms with Gasteiger partial charge in [0.15, 0.2) is 0 Å². The molecule has 0 saturated carbocycles. The Morgan fingerprint density at radius 3 is 2.56 bits per heavy atom. The summed E-state index contributed by atoms with van der Waals surface area (Å²) in [6, 6.07) is 4.95. The Morgan fingerprint density at radius 2 is 1.94 bits per heavy atom. The lowest BCUT2D eigenvalue weighted by Crippen LogP contribution is -2.04. The van der Waals surface area contributed by atoms with Crippen molar-refractivity contribution in [2.75, 3.05) is 5.73 Å². The summed E-state index contributed by atoms with van der Waals surface area (Å²) in [5.41, 5.74) is 8.96. The Balaban J connectivity index is 2.62. The molecule has 0 spiro atoms. The number of hydrogen-bond donors (Lipinski definition) is 1. The first-order chi connectivity index (χ1) is 8.52. The van der Waals surface area contributed by atoms with Gasteiger partial charge in [-0.1, -0.05) is 6.92 Å². The van der Waals surface area contributed by atoms with Gasteiger partial charge in [0.2, 0.25) is 0 Å². The summed E-state index contributed by atoms with van der Waals surface area (Å²) >= 11 is 0. The lowest BCUT2D eigenvalue weighted by molar-refractivity contribution is 0.618. The highest BCUT2D eigenvalue weighted by molar-refractivity contribution is 5.67. The van der Waals surface area contributed by atoms with Crippen LogP contribution in [0.15, 0.2) is 18.2 Å². The number of aromatic nitrogens is 2. The molecule has 1 heterocycles. The van der Waals surface area contributed by atoms with Crippen LogP contribution in [0, 0.1) is 19.7 Å². The standard InChI is InChI=1S/C14H16FN3/c1-4-12-17-13(9(3)14(16)18-12)10-5-6-11(15)8(2)7-10/h5-7H,4H2,1-3H3,(H2,16,17,18). The number of benzene rings is 1. The molecule has 1 aromatic heterocycles. The van der Waals surface area contributed by atoms with Crippen LogP contribution in [0.25, 0.3) is 11.3 Å². The largest absolute Gasteiger partial charge is 0.383 e. The van der Waals surface area contributed by atoms with Crippen LogP contribution in [0.2, 0.25) is 0 Å². The molecule has 18 heavy (non-hydrogen) atoms. The van der Waals surface area contributed by atoms with Gasteiger partial charge in [-0.25, -0.2) is 14.4 Å². The molecule has 1 aromatic carbocycles. The van der Waals surface area contributed by atoms with Gasteiger partial charge in [-0.05, 0) is 37.6 Å². The summed E-state index contributed by atoms with van der Waals surface area (Å²) < 4.78 is 13.3. The predicted octanol–water partition coefficient (Wildman–Crippen LogP) is 3.04. The van der Waals surface area contributed by atoms with Crippen LogP contribution >= 0.6 is 0 Å². The molecule has 0 atom stereocenters. The van der Waals surface area contributed by atoms with Crippen LogP contribution in [-0.4, -0.2) is 9.97 Å². The van der Waals surface area contributed by atoms with Crippen LogP contribution in [0.4, 0.5) is 10.2 Å². The SMILES string of the molecule is CCc1nc(N)c(C)c(-c2ccc(F)c(C)c2)n1. The lowest BCUT2D eigenvalue weighted by atomic mass is 10.0. The molecular formula is C14H16FN3. The van der Waals surface area contributed by atoms with Crippen LogP contribution in [-0.2, 0) is 6.42 Å². The molecule has 4 heteroatoms. The molecule has 2 rings (SSSR count). The van der Waals surface area contributed by atoms with Gasteiger partial charge < -0.3 is 5.73 Å². The molecule has 0 saturated heterocycles. The van der Waals surface area contributed by atoms with Crippen molar-refractivity contribution in [3.05, 3.63) is 41.0 Å². The van der Waals surface area contributed by atoms with Gasteiger partial charge in [0.05, 0.1) is 5.69 Å². The maximum Gasteiger partial charge on any atom is 0.131 e. The minimum Gasteiger partial charge on any atom is -0.383 e. The monoisotopic (exact) mass is 245 g/mol. The van der Waals surface area contributed by atoms with Crippen molar-refractivity contribution in [3.8, 4) is 11.3 Å². The van der Waals surface area contributed by atoms with E-state index in [0.717, 1.165) is 23.2 Å². The smallest absolute Gasteiger partial charge is 0.131 e. The van der Waals surface area contributed by atoms with E-state index in [-0.39, 0.29) is 5.82 Å². The molecule has 0 radical (unpaired) electrons. The van der Waals surface area contributed by atoms with E-state index in [1.54, 1.807) is 19.1 Å². The van der Waals surface area contributed by atoms with Crippen LogP contribution in [0.3, 0.4) is 0 Å². The topological polar surface area (TPSA) is 51.8 Å². The van der Waals surface area contributed by atoms with Crippen molar-refractivity contribution in [2.24, 2.45) is 0 Å². The summed E-state index contributed by atoms with van der Waals surface area (Å²) in [5.74, 6) is 0.975. The maximum absolute atomic E-state index is 13.3. The third-order valence-corrected chi connectivity index (χ3v) is 2.98. The Morgan fingerprint density at radius 1 is 1.22 bits per heavy atom. The number of nitrogen functional groups attached to an aromatic ring is 1. The number of aryl methyl sites for hydroxylation is 2.